The summed E-state index contributed by atoms with van der Waals surface area (Å²) in [6.45, 7) is 4.64. The lowest BCUT2D eigenvalue weighted by atomic mass is 10.0. The van der Waals surface area contributed by atoms with Crippen LogP contribution in [0.3, 0.4) is 0 Å². The van der Waals surface area contributed by atoms with E-state index in [1.807, 2.05) is 21.1 Å². The van der Waals surface area contributed by atoms with Gasteiger partial charge in [-0.05, 0) is 103 Å². The van der Waals surface area contributed by atoms with Crippen molar-refractivity contribution < 1.29 is 42.9 Å². The molecule has 0 aromatic heterocycles. The molecular weight excluding hydrogens is 1100 g/mol. The number of unbranched alkanes of at least 4 members (excludes halogenated alkanes) is 35. The molecule has 9 heteroatoms. The topological polar surface area (TPSA) is 111 Å². The van der Waals surface area contributed by atoms with Crippen LogP contribution < -0.4 is 5.11 Å². The minimum absolute atomic E-state index is 0.142. The lowest BCUT2D eigenvalue weighted by Crippen LogP contribution is -2.44. The first-order valence-electron chi connectivity index (χ1n) is 37.0. The maximum atomic E-state index is 12.9. The Morgan fingerprint density at radius 1 is 0.348 bits per heavy atom. The largest absolute Gasteiger partial charge is 0.545 e. The second kappa shape index (κ2) is 69.8. The first-order chi connectivity index (χ1) is 43.6. The SMILES string of the molecule is CC/C=C\C/C=C\C/C=C\C/C=C\C/C=C\C/C=C\CCCCCCCCCCC(=O)OC(COC(=O)CCCCCCCCCCCCCCCCCCCCCCCC/C=C\C/C=C\C/C=C\CCCCCCC)COC(OCC[N+](C)(C)C)C(=O)[O-]. The van der Waals surface area contributed by atoms with Crippen LogP contribution in [0.15, 0.2) is 109 Å². The van der Waals surface area contributed by atoms with E-state index in [0.717, 1.165) is 96.3 Å². The number of likely N-dealkylation sites (N-methyl/N-ethyl adjacent to an activating group) is 1. The third-order valence-corrected chi connectivity index (χ3v) is 16.0. The van der Waals surface area contributed by atoms with Crippen LogP contribution in [0.25, 0.3) is 0 Å². The molecule has 9 nitrogen and oxygen atoms in total. The molecular formula is C80H139NO8. The number of carbonyl (C=O) groups excluding carboxylic acids is 3. The van der Waals surface area contributed by atoms with Gasteiger partial charge in [-0.15, -0.1) is 0 Å². The molecule has 0 bridgehead atoms. The molecule has 0 amide bonds. The number of esters is 2. The van der Waals surface area contributed by atoms with Crippen molar-refractivity contribution in [2.24, 2.45) is 0 Å². The van der Waals surface area contributed by atoms with Crippen LogP contribution in [0.4, 0.5) is 0 Å². The fourth-order valence-corrected chi connectivity index (χ4v) is 10.4. The van der Waals surface area contributed by atoms with Gasteiger partial charge >= 0.3 is 11.9 Å². The maximum Gasteiger partial charge on any atom is 0.306 e. The first kappa shape index (κ1) is 85.0. The molecule has 0 N–H and O–H groups in total. The zero-order chi connectivity index (χ0) is 64.7. The summed E-state index contributed by atoms with van der Waals surface area (Å²) in [5.74, 6) is -2.29. The number of quaternary nitrogens is 1. The average molecular weight is 1240 g/mol. The van der Waals surface area contributed by atoms with Gasteiger partial charge in [-0.2, -0.15) is 0 Å². The Hall–Kier alpha value is -4.05. The second-order valence-electron chi connectivity index (χ2n) is 25.9. The van der Waals surface area contributed by atoms with Gasteiger partial charge in [0.2, 0.25) is 0 Å². The van der Waals surface area contributed by atoms with Gasteiger partial charge in [0.25, 0.3) is 0 Å². The smallest absolute Gasteiger partial charge is 0.306 e. The number of aliphatic carboxylic acids is 1. The Kier molecular flexibility index (Phi) is 66.7. The van der Waals surface area contributed by atoms with Gasteiger partial charge < -0.3 is 33.3 Å². The van der Waals surface area contributed by atoms with E-state index in [2.05, 4.69) is 123 Å². The molecule has 0 aliphatic carbocycles. The summed E-state index contributed by atoms with van der Waals surface area (Å²) < 4.78 is 22.8. The number of hydrogen-bond acceptors (Lipinski definition) is 8. The molecule has 0 fully saturated rings. The van der Waals surface area contributed by atoms with E-state index in [1.54, 1.807) is 0 Å². The summed E-state index contributed by atoms with van der Waals surface area (Å²) in [5, 5.41) is 11.8. The van der Waals surface area contributed by atoms with E-state index in [9.17, 15) is 19.5 Å². The molecule has 0 radical (unpaired) electrons. The van der Waals surface area contributed by atoms with Crippen molar-refractivity contribution in [3.05, 3.63) is 109 Å². The highest BCUT2D eigenvalue weighted by Crippen LogP contribution is 2.18. The number of carboxylic acids is 1. The molecule has 2 unspecified atom stereocenters. The standard InChI is InChI=1S/C80H139NO8/c1-6-8-10-12-14-16-18-20-22-24-26-28-30-32-34-35-36-37-38-39-40-41-42-43-45-46-48-50-52-54-56-58-60-62-64-66-68-70-77(82)87-74-76(75-88-80(79(84)85)86-73-72-81(3,4)5)89-78(83)71-69-67-65-63-61-59-57-55-53-51-49-47-44-33-31-29-27-25-23-21-19-17-15-13-11-9-7-2/h9,11,15,17-18,20-21,23-24,26-27,29-30,32-33,44,49,51,76,80H,6-8,10,12-14,16,19,22,25,28,31,34-43,45-48,50,52-75H2,1-5H3/b11-9-,17-15-,20-18-,23-21-,26-24-,29-27-,32-30-,44-33-,51-49-. The van der Waals surface area contributed by atoms with Gasteiger partial charge in [-0.25, -0.2) is 0 Å². The summed E-state index contributed by atoms with van der Waals surface area (Å²) in [6, 6.07) is 0. The molecule has 0 heterocycles. The Labute approximate surface area is 549 Å². The van der Waals surface area contributed by atoms with Crippen molar-refractivity contribution in [1.82, 2.24) is 0 Å². The van der Waals surface area contributed by atoms with E-state index in [0.29, 0.717) is 17.4 Å². The summed E-state index contributed by atoms with van der Waals surface area (Å²) in [4.78, 5) is 37.5. The predicted octanol–water partition coefficient (Wildman–Crippen LogP) is 22.0. The van der Waals surface area contributed by atoms with Crippen molar-refractivity contribution >= 4 is 17.9 Å². The summed E-state index contributed by atoms with van der Waals surface area (Å²) in [6.07, 6.45) is 94.7. The molecule has 0 aliphatic rings. The van der Waals surface area contributed by atoms with Crippen LogP contribution in [0.1, 0.15) is 322 Å². The molecule has 2 atom stereocenters. The molecule has 89 heavy (non-hydrogen) atoms. The molecule has 0 aromatic rings. The quantitative estimate of drug-likeness (QED) is 0.0195. The predicted molar refractivity (Wildman–Crippen MR) is 380 cm³/mol. The van der Waals surface area contributed by atoms with E-state index >= 15 is 0 Å². The number of carboxylic acid groups (broad SMARTS) is 1. The van der Waals surface area contributed by atoms with Crippen LogP contribution in [-0.4, -0.2) is 82.3 Å². The van der Waals surface area contributed by atoms with Crippen LogP contribution in [0.2, 0.25) is 0 Å². The van der Waals surface area contributed by atoms with Crippen molar-refractivity contribution in [3.63, 3.8) is 0 Å². The molecule has 0 aliphatic heterocycles. The van der Waals surface area contributed by atoms with Crippen LogP contribution in [-0.2, 0) is 33.3 Å². The Balaban J connectivity index is 4.06. The fourth-order valence-electron chi connectivity index (χ4n) is 10.4. The summed E-state index contributed by atoms with van der Waals surface area (Å²) in [7, 11) is 5.93. The number of allylic oxidation sites excluding steroid dienone is 18. The van der Waals surface area contributed by atoms with E-state index in [1.165, 1.54) is 193 Å². The van der Waals surface area contributed by atoms with Gasteiger partial charge in [-0.3, -0.25) is 9.59 Å². The number of nitrogens with zero attached hydrogens (tertiary/aromatic N) is 1. The van der Waals surface area contributed by atoms with Gasteiger partial charge in [0.15, 0.2) is 12.4 Å². The highest BCUT2D eigenvalue weighted by atomic mass is 16.7. The molecule has 0 saturated carbocycles. The van der Waals surface area contributed by atoms with Gasteiger partial charge in [0.1, 0.15) is 13.2 Å². The molecule has 512 valence electrons. The zero-order valence-electron chi connectivity index (χ0n) is 58.5. The molecule has 0 saturated heterocycles. The van der Waals surface area contributed by atoms with E-state index in [4.69, 9.17) is 18.9 Å². The van der Waals surface area contributed by atoms with E-state index in [-0.39, 0.29) is 38.6 Å². The Morgan fingerprint density at radius 3 is 0.955 bits per heavy atom. The first-order valence-corrected chi connectivity index (χ1v) is 37.0. The van der Waals surface area contributed by atoms with Gasteiger partial charge in [-0.1, -0.05) is 316 Å². The normalized spacial score (nSPS) is 13.3. The maximum absolute atomic E-state index is 12.9. The van der Waals surface area contributed by atoms with Crippen molar-refractivity contribution in [2.75, 3.05) is 47.5 Å². The van der Waals surface area contributed by atoms with Crippen LogP contribution in [0, 0.1) is 0 Å². The third kappa shape index (κ3) is 71.3. The highest BCUT2D eigenvalue weighted by Gasteiger charge is 2.22. The van der Waals surface area contributed by atoms with Crippen molar-refractivity contribution in [3.8, 4) is 0 Å². The van der Waals surface area contributed by atoms with Crippen molar-refractivity contribution in [1.29, 1.82) is 0 Å². The van der Waals surface area contributed by atoms with Gasteiger partial charge in [0, 0.05) is 12.8 Å². The molecule has 0 aromatic carbocycles. The Bertz CT molecular complexity index is 1830. The summed E-state index contributed by atoms with van der Waals surface area (Å²) >= 11 is 0. The lowest BCUT2D eigenvalue weighted by molar-refractivity contribution is -0.870. The second-order valence-corrected chi connectivity index (χ2v) is 25.9. The lowest BCUT2D eigenvalue weighted by Gasteiger charge is -2.26. The Morgan fingerprint density at radius 2 is 0.640 bits per heavy atom. The zero-order valence-corrected chi connectivity index (χ0v) is 58.5. The minimum Gasteiger partial charge on any atom is -0.545 e. The number of rotatable bonds is 68. The highest BCUT2D eigenvalue weighted by molar-refractivity contribution is 5.70. The average Bonchev–Trinajstić information content (AvgIpc) is 3.64. The van der Waals surface area contributed by atoms with Crippen LogP contribution >= 0.6 is 0 Å². The van der Waals surface area contributed by atoms with Gasteiger partial charge in [0.05, 0.1) is 40.3 Å². The van der Waals surface area contributed by atoms with Crippen molar-refractivity contribution in [2.45, 2.75) is 334 Å². The van der Waals surface area contributed by atoms with E-state index < -0.39 is 24.3 Å². The fraction of sp³-hybridized carbons (Fsp3) is 0.738. The third-order valence-electron chi connectivity index (χ3n) is 16.0. The molecule has 0 spiro atoms. The number of hydrogen-bond donors (Lipinski definition) is 0. The molecule has 0 rings (SSSR count). The summed E-state index contributed by atoms with van der Waals surface area (Å²) in [5.41, 5.74) is 0. The minimum atomic E-state index is -1.63. The number of carbonyl (C=O) groups is 3. The van der Waals surface area contributed by atoms with Crippen LogP contribution in [0.5, 0.6) is 0 Å². The number of ether oxygens (including phenoxy) is 4. The monoisotopic (exact) mass is 1240 g/mol.